The van der Waals surface area contributed by atoms with Crippen LogP contribution in [0.25, 0.3) is 0 Å². The monoisotopic (exact) mass is 443 g/mol. The summed E-state index contributed by atoms with van der Waals surface area (Å²) in [5.74, 6) is 1.42. The number of ether oxygens (including phenoxy) is 3. The number of guanidine groups is 1. The van der Waals surface area contributed by atoms with E-state index >= 15 is 0 Å². The minimum Gasteiger partial charge on any atom is -0.381 e. The highest BCUT2D eigenvalue weighted by atomic mass is 127. The molecule has 0 bridgehead atoms. The number of nitrogens with zero attached hydrogens (tertiary/aromatic N) is 1. The zero-order valence-electron chi connectivity index (χ0n) is 15.0. The van der Waals surface area contributed by atoms with Crippen molar-refractivity contribution in [1.29, 1.82) is 0 Å². The van der Waals surface area contributed by atoms with Gasteiger partial charge in [0, 0.05) is 39.3 Å². The number of rotatable bonds is 10. The van der Waals surface area contributed by atoms with Gasteiger partial charge < -0.3 is 24.8 Å². The Bertz CT molecular complexity index is 322. The molecule has 1 atom stereocenters. The summed E-state index contributed by atoms with van der Waals surface area (Å²) in [6.07, 6.45) is 2.09. The predicted octanol–water partition coefficient (Wildman–Crippen LogP) is 2.03. The number of hydrogen-bond donors (Lipinski definition) is 2. The highest BCUT2D eigenvalue weighted by molar-refractivity contribution is 14.0. The molecule has 1 saturated heterocycles. The molecule has 1 heterocycles. The molecule has 0 aromatic carbocycles. The quantitative estimate of drug-likeness (QED) is 0.234. The maximum Gasteiger partial charge on any atom is 0.191 e. The van der Waals surface area contributed by atoms with E-state index in [0.29, 0.717) is 12.5 Å². The van der Waals surface area contributed by atoms with Gasteiger partial charge in [-0.3, -0.25) is 4.99 Å². The third-order valence-corrected chi connectivity index (χ3v) is 3.65. The molecule has 0 saturated carbocycles. The molecule has 0 aliphatic carbocycles. The van der Waals surface area contributed by atoms with Crippen LogP contribution in [0.2, 0.25) is 0 Å². The second-order valence-electron chi connectivity index (χ2n) is 6.24. The van der Waals surface area contributed by atoms with Gasteiger partial charge in [-0.15, -0.1) is 24.0 Å². The van der Waals surface area contributed by atoms with Crippen molar-refractivity contribution < 1.29 is 14.2 Å². The van der Waals surface area contributed by atoms with Crippen LogP contribution >= 0.6 is 24.0 Å². The summed E-state index contributed by atoms with van der Waals surface area (Å²) < 4.78 is 16.4. The molecule has 2 N–H and O–H groups in total. The smallest absolute Gasteiger partial charge is 0.191 e. The summed E-state index contributed by atoms with van der Waals surface area (Å²) in [4.78, 5) is 4.55. The predicted molar refractivity (Wildman–Crippen MR) is 105 cm³/mol. The third-order valence-electron chi connectivity index (χ3n) is 3.65. The standard InChI is InChI=1S/C16H33N3O3.HI/c1-5-17-15(19-13-16(2,3)20-4)18-8-6-9-21-11-14-7-10-22-12-14;/h14H,5-13H2,1-4H3,(H2,17,18,19);1H. The Kier molecular flexibility index (Phi) is 13.1. The van der Waals surface area contributed by atoms with Crippen molar-refractivity contribution in [3.63, 3.8) is 0 Å². The minimum atomic E-state index is -0.241. The number of nitrogens with one attached hydrogen (secondary N) is 2. The first-order valence-corrected chi connectivity index (χ1v) is 8.30. The van der Waals surface area contributed by atoms with Crippen molar-refractivity contribution >= 4 is 29.9 Å². The summed E-state index contributed by atoms with van der Waals surface area (Å²) in [5.41, 5.74) is -0.241. The lowest BCUT2D eigenvalue weighted by molar-refractivity contribution is 0.0310. The van der Waals surface area contributed by atoms with Crippen molar-refractivity contribution in [2.75, 3.05) is 53.2 Å². The number of aliphatic imine (C=N–C) groups is 1. The van der Waals surface area contributed by atoms with Crippen LogP contribution in [-0.4, -0.2) is 64.7 Å². The molecule has 7 heteroatoms. The molecule has 0 aromatic heterocycles. The average molecular weight is 443 g/mol. The Balaban J connectivity index is 0.00000484. The van der Waals surface area contributed by atoms with Gasteiger partial charge in [0.1, 0.15) is 0 Å². The second kappa shape index (κ2) is 13.2. The molecule has 0 aromatic rings. The number of halogens is 1. The fourth-order valence-electron chi connectivity index (χ4n) is 2.02. The molecule has 1 aliphatic heterocycles. The normalized spacial score (nSPS) is 18.6. The van der Waals surface area contributed by atoms with Crippen LogP contribution < -0.4 is 10.6 Å². The Labute approximate surface area is 158 Å². The second-order valence-corrected chi connectivity index (χ2v) is 6.24. The zero-order valence-corrected chi connectivity index (χ0v) is 17.4. The number of hydrogen-bond acceptors (Lipinski definition) is 4. The van der Waals surface area contributed by atoms with Gasteiger partial charge in [-0.25, -0.2) is 0 Å². The summed E-state index contributed by atoms with van der Waals surface area (Å²) in [6, 6.07) is 0. The summed E-state index contributed by atoms with van der Waals surface area (Å²) in [5, 5.41) is 6.57. The molecular weight excluding hydrogens is 409 g/mol. The van der Waals surface area contributed by atoms with Crippen LogP contribution in [0.4, 0.5) is 0 Å². The number of methoxy groups -OCH3 is 1. The lowest BCUT2D eigenvalue weighted by atomic mass is 10.1. The van der Waals surface area contributed by atoms with E-state index in [-0.39, 0.29) is 29.6 Å². The van der Waals surface area contributed by atoms with E-state index < -0.39 is 0 Å². The fourth-order valence-corrected chi connectivity index (χ4v) is 2.02. The van der Waals surface area contributed by atoms with E-state index in [1.807, 2.05) is 13.8 Å². The summed E-state index contributed by atoms with van der Waals surface area (Å²) >= 11 is 0. The Morgan fingerprint density at radius 1 is 1.35 bits per heavy atom. The molecule has 0 spiro atoms. The molecule has 23 heavy (non-hydrogen) atoms. The maximum absolute atomic E-state index is 5.69. The summed E-state index contributed by atoms with van der Waals surface area (Å²) in [6.45, 7) is 11.8. The van der Waals surface area contributed by atoms with E-state index in [9.17, 15) is 0 Å². The maximum atomic E-state index is 5.69. The average Bonchev–Trinajstić information content (AvgIpc) is 3.01. The molecule has 6 nitrogen and oxygen atoms in total. The lowest BCUT2D eigenvalue weighted by Gasteiger charge is -2.21. The van der Waals surface area contributed by atoms with Crippen LogP contribution in [0.1, 0.15) is 33.6 Å². The van der Waals surface area contributed by atoms with Crippen LogP contribution in [0.3, 0.4) is 0 Å². The highest BCUT2D eigenvalue weighted by Gasteiger charge is 2.16. The van der Waals surface area contributed by atoms with Crippen LogP contribution in [0, 0.1) is 5.92 Å². The largest absolute Gasteiger partial charge is 0.381 e. The molecule has 1 fully saturated rings. The van der Waals surface area contributed by atoms with Gasteiger partial charge in [-0.1, -0.05) is 0 Å². The van der Waals surface area contributed by atoms with E-state index in [4.69, 9.17) is 14.2 Å². The fraction of sp³-hybridized carbons (Fsp3) is 0.938. The van der Waals surface area contributed by atoms with Crippen LogP contribution in [-0.2, 0) is 14.2 Å². The minimum absolute atomic E-state index is 0. The first-order chi connectivity index (χ1) is 10.6. The van der Waals surface area contributed by atoms with Gasteiger partial charge in [0.2, 0.25) is 0 Å². The van der Waals surface area contributed by atoms with Gasteiger partial charge in [-0.2, -0.15) is 0 Å². The first kappa shape index (κ1) is 22.9. The molecule has 1 rings (SSSR count). The van der Waals surface area contributed by atoms with Crippen LogP contribution in [0.15, 0.2) is 4.99 Å². The van der Waals surface area contributed by atoms with Gasteiger partial charge in [0.25, 0.3) is 0 Å². The van der Waals surface area contributed by atoms with E-state index in [1.165, 1.54) is 0 Å². The van der Waals surface area contributed by atoms with E-state index in [1.54, 1.807) is 7.11 Å². The molecular formula is C16H34IN3O3. The summed E-state index contributed by atoms with van der Waals surface area (Å²) in [7, 11) is 1.71. The lowest BCUT2D eigenvalue weighted by Crippen LogP contribution is -2.39. The van der Waals surface area contributed by atoms with E-state index in [0.717, 1.165) is 58.3 Å². The van der Waals surface area contributed by atoms with Crippen molar-refractivity contribution in [3.05, 3.63) is 0 Å². The third kappa shape index (κ3) is 11.1. The van der Waals surface area contributed by atoms with Crippen molar-refractivity contribution in [1.82, 2.24) is 10.6 Å². The topological polar surface area (TPSA) is 64.1 Å². The van der Waals surface area contributed by atoms with Gasteiger partial charge >= 0.3 is 0 Å². The van der Waals surface area contributed by atoms with Gasteiger partial charge in [0.15, 0.2) is 5.96 Å². The van der Waals surface area contributed by atoms with Crippen molar-refractivity contribution in [2.24, 2.45) is 10.9 Å². The first-order valence-electron chi connectivity index (χ1n) is 8.30. The van der Waals surface area contributed by atoms with Crippen LogP contribution in [0.5, 0.6) is 0 Å². The van der Waals surface area contributed by atoms with E-state index in [2.05, 4.69) is 22.5 Å². The molecule has 0 amide bonds. The molecule has 0 radical (unpaired) electrons. The zero-order chi connectivity index (χ0) is 16.3. The Morgan fingerprint density at radius 2 is 2.13 bits per heavy atom. The molecule has 138 valence electrons. The SMILES string of the molecule is CCNC(=NCC(C)(C)OC)NCCCOCC1CCOC1.I. The van der Waals surface area contributed by atoms with Gasteiger partial charge in [-0.05, 0) is 33.6 Å². The molecule has 1 aliphatic rings. The van der Waals surface area contributed by atoms with Gasteiger partial charge in [0.05, 0.1) is 25.4 Å². The molecule has 1 unspecified atom stereocenters. The Hall–Kier alpha value is -0.120. The Morgan fingerprint density at radius 3 is 2.74 bits per heavy atom. The highest BCUT2D eigenvalue weighted by Crippen LogP contribution is 2.12. The van der Waals surface area contributed by atoms with Crippen molar-refractivity contribution in [3.8, 4) is 0 Å². The van der Waals surface area contributed by atoms with Crippen molar-refractivity contribution in [2.45, 2.75) is 39.2 Å².